The van der Waals surface area contributed by atoms with Gasteiger partial charge < -0.3 is 10.2 Å². The molecular formula is C17H26F2N2. The summed E-state index contributed by atoms with van der Waals surface area (Å²) in [5.74, 6) is -0.285. The van der Waals surface area contributed by atoms with Crippen molar-refractivity contribution in [3.8, 4) is 0 Å². The van der Waals surface area contributed by atoms with E-state index < -0.39 is 11.6 Å². The zero-order chi connectivity index (χ0) is 15.6. The maximum atomic E-state index is 14.2. The molecule has 1 heterocycles. The lowest BCUT2D eigenvalue weighted by molar-refractivity contribution is 0.198. The summed E-state index contributed by atoms with van der Waals surface area (Å²) in [6.45, 7) is 8.63. The number of rotatable bonds is 3. The Bertz CT molecular complexity index is 463. The van der Waals surface area contributed by atoms with Crippen LogP contribution in [0, 0.1) is 23.0 Å². The fraction of sp³-hybridized carbons (Fsp3) is 0.647. The van der Waals surface area contributed by atoms with E-state index in [9.17, 15) is 8.78 Å². The van der Waals surface area contributed by atoms with Crippen molar-refractivity contribution in [1.29, 1.82) is 0 Å². The minimum absolute atomic E-state index is 0.141. The smallest absolute Gasteiger partial charge is 0.149 e. The summed E-state index contributed by atoms with van der Waals surface area (Å²) >= 11 is 0. The molecule has 0 unspecified atom stereocenters. The zero-order valence-electron chi connectivity index (χ0n) is 13.5. The zero-order valence-corrected chi connectivity index (χ0v) is 13.5. The van der Waals surface area contributed by atoms with Crippen molar-refractivity contribution in [2.45, 2.75) is 40.2 Å². The number of halogens is 2. The fourth-order valence-electron chi connectivity index (χ4n) is 3.20. The monoisotopic (exact) mass is 296 g/mol. The fourth-order valence-corrected chi connectivity index (χ4v) is 3.20. The van der Waals surface area contributed by atoms with Crippen LogP contribution in [0.4, 0.5) is 14.5 Å². The molecule has 0 amide bonds. The molecule has 1 aromatic carbocycles. The van der Waals surface area contributed by atoms with Gasteiger partial charge in [0.05, 0.1) is 0 Å². The largest absolute Gasteiger partial charge is 0.367 e. The Labute approximate surface area is 126 Å². The number of anilines is 1. The van der Waals surface area contributed by atoms with Crippen molar-refractivity contribution in [3.05, 3.63) is 29.3 Å². The number of hydrogen-bond acceptors (Lipinski definition) is 2. The van der Waals surface area contributed by atoms with Crippen molar-refractivity contribution >= 4 is 5.69 Å². The van der Waals surface area contributed by atoms with Gasteiger partial charge in [-0.25, -0.2) is 8.78 Å². The number of hydrogen-bond donors (Lipinski definition) is 1. The van der Waals surface area contributed by atoms with Crippen molar-refractivity contribution in [2.75, 3.05) is 25.0 Å². The summed E-state index contributed by atoms with van der Waals surface area (Å²) in [5, 5.41) is 2.91. The van der Waals surface area contributed by atoms with Crippen LogP contribution in [-0.4, -0.2) is 20.1 Å². The van der Waals surface area contributed by atoms with Gasteiger partial charge in [0.15, 0.2) is 0 Å². The molecule has 21 heavy (non-hydrogen) atoms. The van der Waals surface area contributed by atoms with Crippen LogP contribution >= 0.6 is 0 Å². The summed E-state index contributed by atoms with van der Waals surface area (Å²) in [6, 6.07) is 2.87. The molecule has 0 saturated carbocycles. The van der Waals surface area contributed by atoms with Gasteiger partial charge in [0.1, 0.15) is 17.3 Å². The molecule has 1 aliphatic heterocycles. The standard InChI is InChI=1S/C17H26F2N2/c1-17(2,3)13-5-7-21(8-6-13)16-14(18)9-12(11-20-4)10-15(16)19/h9-10,13,20H,5-8,11H2,1-4H3. The van der Waals surface area contributed by atoms with Crippen LogP contribution in [0.15, 0.2) is 12.1 Å². The Morgan fingerprint density at radius 3 is 2.10 bits per heavy atom. The number of piperidine rings is 1. The number of nitrogens with zero attached hydrogens (tertiary/aromatic N) is 1. The highest BCUT2D eigenvalue weighted by Crippen LogP contribution is 2.36. The lowest BCUT2D eigenvalue weighted by Gasteiger charge is -2.39. The average molecular weight is 296 g/mol. The van der Waals surface area contributed by atoms with Gasteiger partial charge in [-0.05, 0) is 48.9 Å². The highest BCUT2D eigenvalue weighted by molar-refractivity contribution is 5.51. The molecule has 1 aliphatic rings. The first-order valence-electron chi connectivity index (χ1n) is 7.70. The Hall–Kier alpha value is -1.16. The lowest BCUT2D eigenvalue weighted by Crippen LogP contribution is -2.38. The highest BCUT2D eigenvalue weighted by Gasteiger charge is 2.30. The number of benzene rings is 1. The minimum atomic E-state index is -0.450. The van der Waals surface area contributed by atoms with Crippen molar-refractivity contribution in [3.63, 3.8) is 0 Å². The van der Waals surface area contributed by atoms with Crippen LogP contribution < -0.4 is 10.2 Å². The van der Waals surface area contributed by atoms with Gasteiger partial charge in [0.2, 0.25) is 0 Å². The first-order valence-corrected chi connectivity index (χ1v) is 7.70. The third-order valence-corrected chi connectivity index (χ3v) is 4.49. The van der Waals surface area contributed by atoms with E-state index in [0.717, 1.165) is 25.9 Å². The Balaban J connectivity index is 2.13. The molecule has 0 atom stereocenters. The summed E-state index contributed by atoms with van der Waals surface area (Å²) in [6.07, 6.45) is 1.97. The molecule has 0 radical (unpaired) electrons. The lowest BCUT2D eigenvalue weighted by atomic mass is 9.75. The van der Waals surface area contributed by atoms with Crippen molar-refractivity contribution in [2.24, 2.45) is 11.3 Å². The highest BCUT2D eigenvalue weighted by atomic mass is 19.1. The molecule has 1 N–H and O–H groups in total. The summed E-state index contributed by atoms with van der Waals surface area (Å²) < 4.78 is 28.5. The predicted octanol–water partition coefficient (Wildman–Crippen LogP) is 3.95. The summed E-state index contributed by atoms with van der Waals surface area (Å²) in [4.78, 5) is 1.86. The maximum absolute atomic E-state index is 14.2. The van der Waals surface area contributed by atoms with E-state index in [4.69, 9.17) is 0 Å². The SMILES string of the molecule is CNCc1cc(F)c(N2CCC(C(C)(C)C)CC2)c(F)c1. The van der Waals surface area contributed by atoms with Gasteiger partial charge in [-0.1, -0.05) is 20.8 Å². The second-order valence-corrected chi connectivity index (χ2v) is 7.07. The van der Waals surface area contributed by atoms with Gasteiger partial charge in [0, 0.05) is 19.6 Å². The van der Waals surface area contributed by atoms with Crippen LogP contribution in [0.25, 0.3) is 0 Å². The van der Waals surface area contributed by atoms with Gasteiger partial charge >= 0.3 is 0 Å². The summed E-state index contributed by atoms with van der Waals surface area (Å²) in [5.41, 5.74) is 1.04. The molecule has 1 aromatic rings. The minimum Gasteiger partial charge on any atom is -0.367 e. The van der Waals surface area contributed by atoms with E-state index in [-0.39, 0.29) is 11.1 Å². The molecule has 1 saturated heterocycles. The second-order valence-electron chi connectivity index (χ2n) is 7.07. The van der Waals surface area contributed by atoms with Gasteiger partial charge in [0.25, 0.3) is 0 Å². The van der Waals surface area contributed by atoms with Crippen LogP contribution in [0.3, 0.4) is 0 Å². The van der Waals surface area contributed by atoms with E-state index in [1.165, 1.54) is 12.1 Å². The normalized spacial score (nSPS) is 17.3. The average Bonchev–Trinajstić information content (AvgIpc) is 2.38. The second kappa shape index (κ2) is 6.30. The third-order valence-electron chi connectivity index (χ3n) is 4.49. The van der Waals surface area contributed by atoms with Crippen LogP contribution in [0.1, 0.15) is 39.2 Å². The Morgan fingerprint density at radius 1 is 1.14 bits per heavy atom. The molecule has 0 aromatic heterocycles. The van der Waals surface area contributed by atoms with Crippen LogP contribution in [0.2, 0.25) is 0 Å². The van der Waals surface area contributed by atoms with E-state index in [2.05, 4.69) is 26.1 Å². The maximum Gasteiger partial charge on any atom is 0.149 e. The summed E-state index contributed by atoms with van der Waals surface area (Å²) in [7, 11) is 1.76. The molecule has 2 nitrogen and oxygen atoms in total. The molecule has 1 fully saturated rings. The topological polar surface area (TPSA) is 15.3 Å². The van der Waals surface area contributed by atoms with E-state index in [1.54, 1.807) is 7.05 Å². The molecule has 118 valence electrons. The Kier molecular flexibility index (Phi) is 4.87. The molecule has 0 bridgehead atoms. The van der Waals surface area contributed by atoms with E-state index in [0.29, 0.717) is 18.0 Å². The predicted molar refractivity (Wildman–Crippen MR) is 83.5 cm³/mol. The first-order chi connectivity index (χ1) is 9.82. The molecule has 4 heteroatoms. The van der Waals surface area contributed by atoms with Crippen LogP contribution in [0.5, 0.6) is 0 Å². The first kappa shape index (κ1) is 16.2. The van der Waals surface area contributed by atoms with Crippen molar-refractivity contribution in [1.82, 2.24) is 5.32 Å². The molecule has 0 spiro atoms. The van der Waals surface area contributed by atoms with E-state index >= 15 is 0 Å². The van der Waals surface area contributed by atoms with E-state index in [1.807, 2.05) is 4.90 Å². The van der Waals surface area contributed by atoms with Gasteiger partial charge in [-0.3, -0.25) is 0 Å². The quantitative estimate of drug-likeness (QED) is 0.908. The van der Waals surface area contributed by atoms with Gasteiger partial charge in [-0.2, -0.15) is 0 Å². The van der Waals surface area contributed by atoms with Gasteiger partial charge in [-0.15, -0.1) is 0 Å². The molecule has 2 rings (SSSR count). The molecule has 0 aliphatic carbocycles. The van der Waals surface area contributed by atoms with Crippen LogP contribution in [-0.2, 0) is 6.54 Å². The van der Waals surface area contributed by atoms with Crippen molar-refractivity contribution < 1.29 is 8.78 Å². The molecular weight excluding hydrogens is 270 g/mol. The third kappa shape index (κ3) is 3.73. The Morgan fingerprint density at radius 2 is 1.67 bits per heavy atom. The number of nitrogens with one attached hydrogen (secondary N) is 1.